The van der Waals surface area contributed by atoms with Crippen LogP contribution in [0.15, 0.2) is 54.6 Å². The molecular weight excluding hydrogens is 305 g/mol. The molecule has 5 heteroatoms. The largest absolute Gasteiger partial charge is 0.497 e. The molecule has 1 aromatic heterocycles. The molecule has 0 unspecified atom stereocenters. The molecule has 3 rings (SSSR count). The summed E-state index contributed by atoms with van der Waals surface area (Å²) in [5.41, 5.74) is 9.01. The van der Waals surface area contributed by atoms with Crippen LogP contribution in [0.1, 0.15) is 5.56 Å². The molecule has 0 aliphatic rings. The Bertz CT molecular complexity index is 930. The lowest BCUT2D eigenvalue weighted by atomic mass is 9.98. The van der Waals surface area contributed by atoms with Crippen LogP contribution >= 0.6 is 0 Å². The SMILES string of the molecule is COc1cccc(-c2cc(-c3ccc(F)cc3)nc(N)c2C#N)c1. The van der Waals surface area contributed by atoms with Gasteiger partial charge in [0.2, 0.25) is 0 Å². The van der Waals surface area contributed by atoms with Gasteiger partial charge in [-0.3, -0.25) is 0 Å². The minimum absolute atomic E-state index is 0.136. The van der Waals surface area contributed by atoms with Crippen LogP contribution in [-0.2, 0) is 0 Å². The number of nitrogens with two attached hydrogens (primary N) is 1. The normalized spacial score (nSPS) is 10.2. The van der Waals surface area contributed by atoms with Gasteiger partial charge in [0.1, 0.15) is 29.0 Å². The number of pyridine rings is 1. The third-order valence-corrected chi connectivity index (χ3v) is 3.68. The minimum atomic E-state index is -0.326. The van der Waals surface area contributed by atoms with Gasteiger partial charge in [-0.15, -0.1) is 0 Å². The molecule has 0 fully saturated rings. The van der Waals surface area contributed by atoms with Crippen LogP contribution < -0.4 is 10.5 Å². The number of halogens is 1. The van der Waals surface area contributed by atoms with Crippen molar-refractivity contribution in [3.8, 4) is 34.2 Å². The van der Waals surface area contributed by atoms with Gasteiger partial charge in [-0.25, -0.2) is 9.37 Å². The molecule has 0 saturated heterocycles. The van der Waals surface area contributed by atoms with Crippen molar-refractivity contribution in [1.82, 2.24) is 4.98 Å². The van der Waals surface area contributed by atoms with Crippen LogP contribution in [0, 0.1) is 17.1 Å². The monoisotopic (exact) mass is 319 g/mol. The molecule has 0 spiro atoms. The Balaban J connectivity index is 2.20. The topological polar surface area (TPSA) is 71.9 Å². The van der Waals surface area contributed by atoms with E-state index in [2.05, 4.69) is 11.1 Å². The van der Waals surface area contributed by atoms with Gasteiger partial charge < -0.3 is 10.5 Å². The summed E-state index contributed by atoms with van der Waals surface area (Å²) in [6.07, 6.45) is 0. The number of ether oxygens (including phenoxy) is 1. The van der Waals surface area contributed by atoms with Crippen LogP contribution in [0.5, 0.6) is 5.75 Å². The van der Waals surface area contributed by atoms with Gasteiger partial charge >= 0.3 is 0 Å². The van der Waals surface area contributed by atoms with E-state index < -0.39 is 0 Å². The average molecular weight is 319 g/mol. The first-order valence-electron chi connectivity index (χ1n) is 7.23. The first-order valence-corrected chi connectivity index (χ1v) is 7.23. The number of rotatable bonds is 3. The van der Waals surface area contributed by atoms with Crippen molar-refractivity contribution in [2.24, 2.45) is 0 Å². The zero-order valence-corrected chi connectivity index (χ0v) is 13.0. The Morgan fingerprint density at radius 3 is 2.50 bits per heavy atom. The molecule has 0 atom stereocenters. The Morgan fingerprint density at radius 2 is 1.83 bits per heavy atom. The molecule has 0 saturated carbocycles. The van der Waals surface area contributed by atoms with Gasteiger partial charge in [-0.2, -0.15) is 5.26 Å². The Hall–Kier alpha value is -3.39. The minimum Gasteiger partial charge on any atom is -0.497 e. The van der Waals surface area contributed by atoms with Crippen LogP contribution in [-0.4, -0.2) is 12.1 Å². The third kappa shape index (κ3) is 2.90. The third-order valence-electron chi connectivity index (χ3n) is 3.68. The van der Waals surface area contributed by atoms with Gasteiger partial charge in [-0.1, -0.05) is 12.1 Å². The zero-order valence-electron chi connectivity index (χ0n) is 13.0. The van der Waals surface area contributed by atoms with Crippen molar-refractivity contribution >= 4 is 5.82 Å². The fourth-order valence-electron chi connectivity index (χ4n) is 2.47. The molecule has 4 nitrogen and oxygen atoms in total. The van der Waals surface area contributed by atoms with Crippen molar-refractivity contribution in [3.05, 3.63) is 66.0 Å². The number of aromatic nitrogens is 1. The van der Waals surface area contributed by atoms with E-state index >= 15 is 0 Å². The van der Waals surface area contributed by atoms with E-state index in [-0.39, 0.29) is 11.6 Å². The Morgan fingerprint density at radius 1 is 1.08 bits per heavy atom. The van der Waals surface area contributed by atoms with Crippen molar-refractivity contribution in [2.45, 2.75) is 0 Å². The number of hydrogen-bond acceptors (Lipinski definition) is 4. The molecule has 0 radical (unpaired) electrons. The van der Waals surface area contributed by atoms with Crippen molar-refractivity contribution in [2.75, 3.05) is 12.8 Å². The van der Waals surface area contributed by atoms with E-state index in [0.29, 0.717) is 22.6 Å². The summed E-state index contributed by atoms with van der Waals surface area (Å²) in [7, 11) is 1.58. The molecular formula is C19H14FN3O. The van der Waals surface area contributed by atoms with Crippen LogP contribution in [0.3, 0.4) is 0 Å². The number of nitriles is 1. The quantitative estimate of drug-likeness (QED) is 0.791. The number of nitrogen functional groups attached to an aromatic ring is 1. The number of benzene rings is 2. The van der Waals surface area contributed by atoms with Crippen molar-refractivity contribution in [1.29, 1.82) is 5.26 Å². The molecule has 0 amide bonds. The fourth-order valence-corrected chi connectivity index (χ4v) is 2.47. The lowest BCUT2D eigenvalue weighted by Gasteiger charge is -2.11. The molecule has 0 aliphatic carbocycles. The molecule has 2 aromatic carbocycles. The summed E-state index contributed by atoms with van der Waals surface area (Å²) < 4.78 is 18.4. The fraction of sp³-hybridized carbons (Fsp3) is 0.0526. The van der Waals surface area contributed by atoms with E-state index in [1.54, 1.807) is 25.3 Å². The van der Waals surface area contributed by atoms with Gasteiger partial charge in [0.15, 0.2) is 0 Å². The van der Waals surface area contributed by atoms with E-state index in [1.807, 2.05) is 24.3 Å². The number of nitrogens with zero attached hydrogens (tertiary/aromatic N) is 2. The maximum absolute atomic E-state index is 13.1. The van der Waals surface area contributed by atoms with E-state index in [9.17, 15) is 9.65 Å². The lowest BCUT2D eigenvalue weighted by Crippen LogP contribution is -2.00. The molecule has 0 bridgehead atoms. The summed E-state index contributed by atoms with van der Waals surface area (Å²) >= 11 is 0. The van der Waals surface area contributed by atoms with Crippen molar-refractivity contribution in [3.63, 3.8) is 0 Å². The van der Waals surface area contributed by atoms with Gasteiger partial charge in [-0.05, 0) is 48.0 Å². The second kappa shape index (κ2) is 6.39. The summed E-state index contributed by atoms with van der Waals surface area (Å²) in [5, 5.41) is 9.43. The second-order valence-electron chi connectivity index (χ2n) is 5.17. The predicted octanol–water partition coefficient (Wildman–Crippen LogP) is 4.02. The maximum Gasteiger partial charge on any atom is 0.142 e. The molecule has 118 valence electrons. The van der Waals surface area contributed by atoms with Gasteiger partial charge in [0.05, 0.1) is 12.8 Å². The first kappa shape index (κ1) is 15.5. The first-order chi connectivity index (χ1) is 11.6. The standard InChI is InChI=1S/C19H14FN3O/c1-24-15-4-2-3-13(9-15)16-10-18(23-19(22)17(16)11-21)12-5-7-14(20)8-6-12/h2-10H,1H3,(H2,22,23). The highest BCUT2D eigenvalue weighted by atomic mass is 19.1. The summed E-state index contributed by atoms with van der Waals surface area (Å²) in [6, 6.07) is 17.2. The van der Waals surface area contributed by atoms with Gasteiger partial charge in [0, 0.05) is 11.1 Å². The van der Waals surface area contributed by atoms with Crippen LogP contribution in [0.25, 0.3) is 22.4 Å². The van der Waals surface area contributed by atoms with Gasteiger partial charge in [0.25, 0.3) is 0 Å². The molecule has 1 heterocycles. The molecule has 24 heavy (non-hydrogen) atoms. The average Bonchev–Trinajstić information content (AvgIpc) is 2.61. The smallest absolute Gasteiger partial charge is 0.142 e. The Labute approximate surface area is 139 Å². The van der Waals surface area contributed by atoms with Crippen molar-refractivity contribution < 1.29 is 9.13 Å². The summed E-state index contributed by atoms with van der Waals surface area (Å²) in [6.45, 7) is 0. The zero-order chi connectivity index (χ0) is 17.1. The number of methoxy groups -OCH3 is 1. The maximum atomic E-state index is 13.1. The second-order valence-corrected chi connectivity index (χ2v) is 5.17. The van der Waals surface area contributed by atoms with E-state index in [4.69, 9.17) is 10.5 Å². The predicted molar refractivity (Wildman–Crippen MR) is 90.7 cm³/mol. The van der Waals surface area contributed by atoms with E-state index in [1.165, 1.54) is 12.1 Å². The number of anilines is 1. The summed E-state index contributed by atoms with van der Waals surface area (Å²) in [5.74, 6) is 0.487. The highest BCUT2D eigenvalue weighted by Crippen LogP contribution is 2.32. The lowest BCUT2D eigenvalue weighted by molar-refractivity contribution is 0.415. The highest BCUT2D eigenvalue weighted by Gasteiger charge is 2.14. The van der Waals surface area contributed by atoms with Crippen LogP contribution in [0.2, 0.25) is 0 Å². The molecule has 2 N–H and O–H groups in total. The number of hydrogen-bond donors (Lipinski definition) is 1. The van der Waals surface area contributed by atoms with Crippen LogP contribution in [0.4, 0.5) is 10.2 Å². The highest BCUT2D eigenvalue weighted by molar-refractivity contribution is 5.80. The van der Waals surface area contributed by atoms with E-state index in [0.717, 1.165) is 11.1 Å². The summed E-state index contributed by atoms with van der Waals surface area (Å²) in [4.78, 5) is 4.27. The Kier molecular flexibility index (Phi) is 4.13. The molecule has 0 aliphatic heterocycles. The molecule has 3 aromatic rings.